The van der Waals surface area contributed by atoms with Crippen molar-refractivity contribution in [2.45, 2.75) is 6.92 Å². The highest BCUT2D eigenvalue weighted by Gasteiger charge is 2.15. The summed E-state index contributed by atoms with van der Waals surface area (Å²) in [6, 6.07) is 15.0. The Hall–Kier alpha value is -3.71. The van der Waals surface area contributed by atoms with Crippen LogP contribution >= 0.6 is 11.6 Å². The third kappa shape index (κ3) is 3.81. The van der Waals surface area contributed by atoms with Gasteiger partial charge in [-0.2, -0.15) is 0 Å². The summed E-state index contributed by atoms with van der Waals surface area (Å²) in [6.45, 7) is 2.01. The second kappa shape index (κ2) is 7.37. The molecular weight excluding hydrogens is 392 g/mol. The molecule has 0 aliphatic rings. The van der Waals surface area contributed by atoms with Crippen molar-refractivity contribution in [3.8, 4) is 11.3 Å². The van der Waals surface area contributed by atoms with Crippen LogP contribution in [0.25, 0.3) is 16.9 Å². The predicted molar refractivity (Wildman–Crippen MR) is 111 cm³/mol. The molecule has 0 radical (unpaired) electrons. The topological polar surface area (TPSA) is 89.5 Å². The van der Waals surface area contributed by atoms with Crippen LogP contribution < -0.4 is 5.32 Å². The Morgan fingerprint density at radius 2 is 2.00 bits per heavy atom. The molecule has 144 valence electrons. The minimum atomic E-state index is -0.562. The summed E-state index contributed by atoms with van der Waals surface area (Å²) in [6.07, 6.45) is 3.87. The Morgan fingerprint density at radius 3 is 2.76 bits per heavy atom. The number of carbonyl (C=O) groups is 1. The van der Waals surface area contributed by atoms with Crippen molar-refractivity contribution < 1.29 is 9.72 Å². The fourth-order valence-corrected chi connectivity index (χ4v) is 3.24. The van der Waals surface area contributed by atoms with E-state index in [2.05, 4.69) is 10.3 Å². The number of aromatic nitrogens is 2. The Bertz CT molecular complexity index is 1270. The Morgan fingerprint density at radius 1 is 1.17 bits per heavy atom. The molecule has 0 aliphatic heterocycles. The van der Waals surface area contributed by atoms with Crippen molar-refractivity contribution in [1.82, 2.24) is 9.38 Å². The number of carbonyl (C=O) groups excluding carboxylic acids is 1. The van der Waals surface area contributed by atoms with E-state index in [1.54, 1.807) is 6.07 Å². The van der Waals surface area contributed by atoms with Gasteiger partial charge in [0.15, 0.2) is 0 Å². The van der Waals surface area contributed by atoms with Crippen molar-refractivity contribution in [3.05, 3.63) is 93.3 Å². The Kier molecular flexibility index (Phi) is 4.74. The molecule has 2 aromatic carbocycles. The molecule has 0 unspecified atom stereocenters. The van der Waals surface area contributed by atoms with Crippen molar-refractivity contribution in [1.29, 1.82) is 0 Å². The van der Waals surface area contributed by atoms with E-state index in [1.165, 1.54) is 12.1 Å². The largest absolute Gasteiger partial charge is 0.322 e. The van der Waals surface area contributed by atoms with E-state index < -0.39 is 10.8 Å². The molecule has 2 aromatic heterocycles. The molecule has 4 rings (SSSR count). The normalized spacial score (nSPS) is 10.8. The van der Waals surface area contributed by atoms with Gasteiger partial charge in [-0.1, -0.05) is 23.7 Å². The number of hydrogen-bond acceptors (Lipinski definition) is 4. The standard InChI is InChI=1S/C21H15ClN4O3/c1-13-7-8-25-12-19(24-20(25)9-13)14-3-2-4-15(10-14)23-21(27)17-6-5-16(26(28)29)11-18(17)22/h2-12H,1H3,(H,23,27). The van der Waals surface area contributed by atoms with E-state index >= 15 is 0 Å². The van der Waals surface area contributed by atoms with E-state index in [1.807, 2.05) is 54.0 Å². The summed E-state index contributed by atoms with van der Waals surface area (Å²) in [5, 5.41) is 13.6. The van der Waals surface area contributed by atoms with Crippen LogP contribution in [0.15, 0.2) is 67.0 Å². The molecule has 0 spiro atoms. The van der Waals surface area contributed by atoms with Gasteiger partial charge in [0.1, 0.15) is 5.65 Å². The molecule has 4 aromatic rings. The molecule has 1 amide bonds. The van der Waals surface area contributed by atoms with Gasteiger partial charge in [-0.05, 0) is 42.8 Å². The van der Waals surface area contributed by atoms with Crippen LogP contribution in [0.3, 0.4) is 0 Å². The van der Waals surface area contributed by atoms with E-state index in [0.717, 1.165) is 28.5 Å². The van der Waals surface area contributed by atoms with Gasteiger partial charge in [0.2, 0.25) is 0 Å². The quantitative estimate of drug-likeness (QED) is 0.376. The number of amides is 1. The number of aryl methyl sites for hydroxylation is 1. The maximum Gasteiger partial charge on any atom is 0.270 e. The number of nitrogens with zero attached hydrogens (tertiary/aromatic N) is 3. The number of nitro groups is 1. The highest BCUT2D eigenvalue weighted by atomic mass is 35.5. The number of nitro benzene ring substituents is 1. The van der Waals surface area contributed by atoms with Crippen LogP contribution in [-0.2, 0) is 0 Å². The highest BCUT2D eigenvalue weighted by Crippen LogP contribution is 2.26. The minimum absolute atomic E-state index is 0.0172. The van der Waals surface area contributed by atoms with E-state index in [4.69, 9.17) is 11.6 Å². The SMILES string of the molecule is Cc1ccn2cc(-c3cccc(NC(=O)c4ccc([N+](=O)[O-])cc4Cl)c3)nc2c1. The van der Waals surface area contributed by atoms with E-state index in [0.29, 0.717) is 5.69 Å². The number of imidazole rings is 1. The van der Waals surface area contributed by atoms with Gasteiger partial charge in [-0.15, -0.1) is 0 Å². The molecular formula is C21H15ClN4O3. The lowest BCUT2D eigenvalue weighted by Crippen LogP contribution is -2.12. The third-order valence-corrected chi connectivity index (χ3v) is 4.75. The summed E-state index contributed by atoms with van der Waals surface area (Å²) in [4.78, 5) is 27.4. The zero-order chi connectivity index (χ0) is 20.5. The first-order valence-corrected chi connectivity index (χ1v) is 9.09. The lowest BCUT2D eigenvalue weighted by Gasteiger charge is -2.08. The summed E-state index contributed by atoms with van der Waals surface area (Å²) in [5.74, 6) is -0.451. The van der Waals surface area contributed by atoms with Crippen molar-refractivity contribution >= 4 is 34.5 Å². The van der Waals surface area contributed by atoms with Crippen LogP contribution in [-0.4, -0.2) is 20.2 Å². The van der Waals surface area contributed by atoms with Crippen molar-refractivity contribution in [2.24, 2.45) is 0 Å². The maximum absolute atomic E-state index is 12.6. The lowest BCUT2D eigenvalue weighted by atomic mass is 10.1. The summed E-state index contributed by atoms with van der Waals surface area (Å²) in [5.41, 5.74) is 4.14. The second-order valence-electron chi connectivity index (χ2n) is 6.55. The molecule has 8 heteroatoms. The summed E-state index contributed by atoms with van der Waals surface area (Å²) >= 11 is 6.04. The fourth-order valence-electron chi connectivity index (χ4n) is 2.98. The molecule has 0 fully saturated rings. The van der Waals surface area contributed by atoms with Crippen LogP contribution in [0, 0.1) is 17.0 Å². The van der Waals surface area contributed by atoms with Crippen LogP contribution in [0.5, 0.6) is 0 Å². The number of anilines is 1. The van der Waals surface area contributed by atoms with Gasteiger partial charge in [-0.3, -0.25) is 14.9 Å². The van der Waals surface area contributed by atoms with E-state index in [-0.39, 0.29) is 16.3 Å². The first kappa shape index (κ1) is 18.6. The first-order valence-electron chi connectivity index (χ1n) is 8.72. The number of halogens is 1. The molecule has 7 nitrogen and oxygen atoms in total. The molecule has 0 atom stereocenters. The van der Waals surface area contributed by atoms with E-state index in [9.17, 15) is 14.9 Å². The van der Waals surface area contributed by atoms with Crippen LogP contribution in [0.1, 0.15) is 15.9 Å². The highest BCUT2D eigenvalue weighted by molar-refractivity contribution is 6.34. The Balaban J connectivity index is 1.60. The third-order valence-electron chi connectivity index (χ3n) is 4.44. The maximum atomic E-state index is 12.6. The van der Waals surface area contributed by atoms with Gasteiger partial charge in [0.25, 0.3) is 11.6 Å². The molecule has 0 saturated carbocycles. The monoisotopic (exact) mass is 406 g/mol. The number of rotatable bonds is 4. The number of fused-ring (bicyclic) bond motifs is 1. The Labute approximate surface area is 170 Å². The molecule has 29 heavy (non-hydrogen) atoms. The molecule has 0 aliphatic carbocycles. The van der Waals surface area contributed by atoms with Crippen molar-refractivity contribution in [2.75, 3.05) is 5.32 Å². The predicted octanol–water partition coefficient (Wildman–Crippen LogP) is 5.12. The molecule has 0 bridgehead atoms. The van der Waals surface area contributed by atoms with Crippen LogP contribution in [0.2, 0.25) is 5.02 Å². The average molecular weight is 407 g/mol. The van der Waals surface area contributed by atoms with Gasteiger partial charge >= 0.3 is 0 Å². The summed E-state index contributed by atoms with van der Waals surface area (Å²) < 4.78 is 1.93. The average Bonchev–Trinajstić information content (AvgIpc) is 3.11. The second-order valence-corrected chi connectivity index (χ2v) is 6.96. The van der Waals surface area contributed by atoms with Gasteiger partial charge in [-0.25, -0.2) is 4.98 Å². The molecule has 2 heterocycles. The van der Waals surface area contributed by atoms with Gasteiger partial charge in [0.05, 0.1) is 21.2 Å². The number of hydrogen-bond donors (Lipinski definition) is 1. The van der Waals surface area contributed by atoms with Gasteiger partial charge in [0, 0.05) is 35.8 Å². The zero-order valence-corrected chi connectivity index (χ0v) is 16.1. The van der Waals surface area contributed by atoms with Gasteiger partial charge < -0.3 is 9.72 Å². The number of nitrogens with one attached hydrogen (secondary N) is 1. The van der Waals surface area contributed by atoms with Crippen LogP contribution in [0.4, 0.5) is 11.4 Å². The smallest absolute Gasteiger partial charge is 0.270 e. The molecule has 1 N–H and O–H groups in total. The number of pyridine rings is 1. The minimum Gasteiger partial charge on any atom is -0.322 e. The van der Waals surface area contributed by atoms with Crippen molar-refractivity contribution in [3.63, 3.8) is 0 Å². The number of benzene rings is 2. The summed E-state index contributed by atoms with van der Waals surface area (Å²) in [7, 11) is 0. The first-order chi connectivity index (χ1) is 13.9. The fraction of sp³-hybridized carbons (Fsp3) is 0.0476. The zero-order valence-electron chi connectivity index (χ0n) is 15.3. The molecule has 0 saturated heterocycles. The lowest BCUT2D eigenvalue weighted by molar-refractivity contribution is -0.384. The number of non-ortho nitro benzene ring substituents is 1.